The Morgan fingerprint density at radius 1 is 1.39 bits per heavy atom. The van der Waals surface area contributed by atoms with Crippen LogP contribution in [0.4, 0.5) is 0 Å². The summed E-state index contributed by atoms with van der Waals surface area (Å²) in [5.74, 6) is 0.623. The lowest BCUT2D eigenvalue weighted by Crippen LogP contribution is -2.29. The van der Waals surface area contributed by atoms with E-state index in [1.807, 2.05) is 6.92 Å². The third kappa shape index (κ3) is 3.13. The third-order valence-corrected chi connectivity index (χ3v) is 4.15. The number of nitrogens with one attached hydrogen (secondary N) is 2. The van der Waals surface area contributed by atoms with Gasteiger partial charge < -0.3 is 14.3 Å². The number of furan rings is 1. The van der Waals surface area contributed by atoms with Crippen LogP contribution in [0.2, 0.25) is 0 Å². The van der Waals surface area contributed by atoms with Crippen molar-refractivity contribution in [3.63, 3.8) is 0 Å². The van der Waals surface area contributed by atoms with Gasteiger partial charge in [0, 0.05) is 37.2 Å². The van der Waals surface area contributed by atoms with Crippen molar-refractivity contribution in [3.05, 3.63) is 56.3 Å². The number of aryl methyl sites for hydroxylation is 1. The molecule has 122 valence electrons. The molecule has 2 N–H and O–H groups in total. The van der Waals surface area contributed by atoms with Gasteiger partial charge in [0.2, 0.25) is 0 Å². The number of aromatic amines is 2. The lowest BCUT2D eigenvalue weighted by Gasteiger charge is -2.16. The average molecular weight is 317 g/mol. The highest BCUT2D eigenvalue weighted by Gasteiger charge is 2.30. The van der Waals surface area contributed by atoms with Gasteiger partial charge in [-0.15, -0.1) is 0 Å². The predicted octanol–water partition coefficient (Wildman–Crippen LogP) is 1.24. The molecule has 3 rings (SSSR count). The smallest absolute Gasteiger partial charge is 0.325 e. The molecule has 1 aliphatic rings. The molecule has 0 bridgehead atoms. The molecule has 1 saturated heterocycles. The molecule has 0 radical (unpaired) electrons. The van der Waals surface area contributed by atoms with Crippen LogP contribution in [-0.4, -0.2) is 33.9 Å². The summed E-state index contributed by atoms with van der Waals surface area (Å²) in [5, 5.41) is 0. The number of nitrogens with zero attached hydrogens (tertiary/aromatic N) is 1. The second kappa shape index (κ2) is 6.28. The van der Waals surface area contributed by atoms with Gasteiger partial charge in [0.15, 0.2) is 0 Å². The summed E-state index contributed by atoms with van der Waals surface area (Å²) in [6.07, 6.45) is 3.89. The van der Waals surface area contributed by atoms with Gasteiger partial charge in [0.1, 0.15) is 5.76 Å². The van der Waals surface area contributed by atoms with Crippen molar-refractivity contribution in [1.29, 1.82) is 0 Å². The Hall–Kier alpha value is -2.57. The van der Waals surface area contributed by atoms with Crippen LogP contribution in [0, 0.1) is 0 Å². The molecule has 2 aromatic heterocycles. The number of rotatable bonds is 4. The van der Waals surface area contributed by atoms with Crippen molar-refractivity contribution in [1.82, 2.24) is 14.9 Å². The van der Waals surface area contributed by atoms with Crippen molar-refractivity contribution < 1.29 is 9.21 Å². The van der Waals surface area contributed by atoms with E-state index in [4.69, 9.17) is 4.42 Å². The zero-order valence-electron chi connectivity index (χ0n) is 12.9. The first-order valence-corrected chi connectivity index (χ1v) is 7.77. The molecule has 1 unspecified atom stereocenters. The van der Waals surface area contributed by atoms with Crippen LogP contribution in [0.15, 0.2) is 32.4 Å². The fourth-order valence-electron chi connectivity index (χ4n) is 3.03. The van der Waals surface area contributed by atoms with Crippen LogP contribution < -0.4 is 11.2 Å². The van der Waals surface area contributed by atoms with E-state index in [0.29, 0.717) is 36.5 Å². The number of hydrogen-bond acceptors (Lipinski definition) is 4. The summed E-state index contributed by atoms with van der Waals surface area (Å²) in [5.41, 5.74) is 0.243. The van der Waals surface area contributed by atoms with Gasteiger partial charge in [0.05, 0.1) is 11.8 Å². The maximum atomic E-state index is 12.6. The number of amides is 1. The van der Waals surface area contributed by atoms with E-state index in [-0.39, 0.29) is 11.8 Å². The molecule has 1 aliphatic heterocycles. The number of H-pyrrole nitrogens is 2. The molecule has 0 aromatic carbocycles. The average Bonchev–Trinajstić information content (AvgIpc) is 3.15. The maximum absolute atomic E-state index is 12.6. The second-order valence-corrected chi connectivity index (χ2v) is 5.79. The summed E-state index contributed by atoms with van der Waals surface area (Å²) in [6.45, 7) is 3.11. The van der Waals surface area contributed by atoms with Crippen molar-refractivity contribution in [2.45, 2.75) is 32.1 Å². The minimum absolute atomic E-state index is 0.0320. The summed E-state index contributed by atoms with van der Waals surface area (Å²) in [7, 11) is 0. The van der Waals surface area contributed by atoms with Crippen molar-refractivity contribution in [2.24, 2.45) is 0 Å². The molecule has 0 saturated carbocycles. The zero-order chi connectivity index (χ0) is 16.4. The molecular weight excluding hydrogens is 298 g/mol. The fraction of sp³-hybridized carbons (Fsp3) is 0.438. The number of likely N-dealkylation sites (tertiary alicyclic amines) is 1. The molecule has 7 heteroatoms. The predicted molar refractivity (Wildman–Crippen MR) is 83.6 cm³/mol. The minimum Gasteiger partial charge on any atom is -0.469 e. The summed E-state index contributed by atoms with van der Waals surface area (Å²) in [6, 6.07) is 3.09. The van der Waals surface area contributed by atoms with E-state index >= 15 is 0 Å². The fourth-order valence-corrected chi connectivity index (χ4v) is 3.03. The minimum atomic E-state index is -0.516. The van der Waals surface area contributed by atoms with E-state index in [9.17, 15) is 14.4 Å². The van der Waals surface area contributed by atoms with Crippen molar-refractivity contribution >= 4 is 5.91 Å². The Morgan fingerprint density at radius 2 is 2.22 bits per heavy atom. The molecule has 1 fully saturated rings. The quantitative estimate of drug-likeness (QED) is 0.886. The van der Waals surface area contributed by atoms with E-state index in [2.05, 4.69) is 9.97 Å². The number of carbonyl (C=O) groups is 1. The lowest BCUT2D eigenvalue weighted by atomic mass is 10.1. The van der Waals surface area contributed by atoms with Gasteiger partial charge in [-0.1, -0.05) is 6.92 Å². The molecule has 0 spiro atoms. The number of aromatic nitrogens is 2. The molecule has 3 heterocycles. The van der Waals surface area contributed by atoms with Crippen LogP contribution >= 0.6 is 0 Å². The Morgan fingerprint density at radius 3 is 2.96 bits per heavy atom. The summed E-state index contributed by atoms with van der Waals surface area (Å²) in [4.78, 5) is 42.0. The molecule has 23 heavy (non-hydrogen) atoms. The van der Waals surface area contributed by atoms with Crippen molar-refractivity contribution in [2.75, 3.05) is 13.1 Å². The first-order chi connectivity index (χ1) is 11.1. The van der Waals surface area contributed by atoms with E-state index < -0.39 is 11.2 Å². The molecule has 2 aromatic rings. The normalized spacial score (nSPS) is 17.6. The summed E-state index contributed by atoms with van der Waals surface area (Å²) >= 11 is 0. The molecule has 7 nitrogen and oxygen atoms in total. The van der Waals surface area contributed by atoms with Gasteiger partial charge >= 0.3 is 5.69 Å². The van der Waals surface area contributed by atoms with Crippen LogP contribution in [0.5, 0.6) is 0 Å². The molecule has 1 atom stereocenters. The Bertz CT molecular complexity index is 789. The van der Waals surface area contributed by atoms with Gasteiger partial charge in [-0.3, -0.25) is 14.6 Å². The number of carbonyl (C=O) groups excluding carboxylic acids is 1. The molecule has 0 aliphatic carbocycles. The summed E-state index contributed by atoms with van der Waals surface area (Å²) < 4.78 is 5.39. The SMILES string of the molecule is CCCc1occc1C(=O)N1CCC(c2cc(=O)[nH]c(=O)[nH]2)C1. The van der Waals surface area contributed by atoms with Crippen LogP contribution in [-0.2, 0) is 6.42 Å². The Kier molecular flexibility index (Phi) is 4.18. The highest BCUT2D eigenvalue weighted by Crippen LogP contribution is 2.27. The van der Waals surface area contributed by atoms with Crippen LogP contribution in [0.3, 0.4) is 0 Å². The Labute approximate surface area is 132 Å². The van der Waals surface area contributed by atoms with Crippen LogP contribution in [0.1, 0.15) is 47.5 Å². The number of hydrogen-bond donors (Lipinski definition) is 2. The second-order valence-electron chi connectivity index (χ2n) is 5.79. The molecule has 1 amide bonds. The standard InChI is InChI=1S/C16H19N3O4/c1-2-3-13-11(5-7-23-13)15(21)19-6-4-10(9-19)12-8-14(20)18-16(22)17-12/h5,7-8,10H,2-4,6,9H2,1H3,(H2,17,18,20,22). The van der Waals surface area contributed by atoms with Crippen LogP contribution in [0.25, 0.3) is 0 Å². The van der Waals surface area contributed by atoms with Crippen molar-refractivity contribution in [3.8, 4) is 0 Å². The lowest BCUT2D eigenvalue weighted by molar-refractivity contribution is 0.0788. The first-order valence-electron chi connectivity index (χ1n) is 7.77. The maximum Gasteiger partial charge on any atom is 0.325 e. The Balaban J connectivity index is 1.76. The molecular formula is C16H19N3O4. The zero-order valence-corrected chi connectivity index (χ0v) is 12.9. The third-order valence-electron chi connectivity index (χ3n) is 4.15. The highest BCUT2D eigenvalue weighted by molar-refractivity contribution is 5.95. The monoisotopic (exact) mass is 317 g/mol. The highest BCUT2D eigenvalue weighted by atomic mass is 16.3. The topological polar surface area (TPSA) is 99.2 Å². The van der Waals surface area contributed by atoms with E-state index in [0.717, 1.165) is 12.8 Å². The van der Waals surface area contributed by atoms with Gasteiger partial charge in [-0.2, -0.15) is 0 Å². The first kappa shape index (κ1) is 15.3. The van der Waals surface area contributed by atoms with E-state index in [1.165, 1.54) is 6.07 Å². The van der Waals surface area contributed by atoms with Gasteiger partial charge in [-0.25, -0.2) is 4.79 Å². The van der Waals surface area contributed by atoms with E-state index in [1.54, 1.807) is 17.2 Å². The van der Waals surface area contributed by atoms with Gasteiger partial charge in [0.25, 0.3) is 11.5 Å². The van der Waals surface area contributed by atoms with Gasteiger partial charge in [-0.05, 0) is 18.9 Å². The largest absolute Gasteiger partial charge is 0.469 e.